The van der Waals surface area contributed by atoms with Crippen LogP contribution in [-0.2, 0) is 0 Å². The van der Waals surface area contributed by atoms with Gasteiger partial charge in [-0.15, -0.1) is 0 Å². The Morgan fingerprint density at radius 1 is 1.58 bits per heavy atom. The maximum absolute atomic E-state index is 12.7. The Bertz CT molecular complexity index is 280. The number of benzene rings is 1. The molecule has 66 valence electrons. The SMILES string of the molecule is CC(NO)c1ccc(F)c(Br)c1. The number of nitrogens with one attached hydrogen (secondary N) is 1. The number of hydrogen-bond donors (Lipinski definition) is 2. The molecule has 0 aromatic heterocycles. The summed E-state index contributed by atoms with van der Waals surface area (Å²) in [5.41, 5.74) is 2.91. The highest BCUT2D eigenvalue weighted by Crippen LogP contribution is 2.20. The molecular weight excluding hydrogens is 225 g/mol. The van der Waals surface area contributed by atoms with E-state index in [1.165, 1.54) is 6.07 Å². The largest absolute Gasteiger partial charge is 0.316 e. The van der Waals surface area contributed by atoms with E-state index in [1.807, 2.05) is 0 Å². The first-order valence-corrected chi connectivity index (χ1v) is 4.29. The van der Waals surface area contributed by atoms with Crippen molar-refractivity contribution in [3.8, 4) is 0 Å². The fourth-order valence-electron chi connectivity index (χ4n) is 0.856. The van der Waals surface area contributed by atoms with Gasteiger partial charge >= 0.3 is 0 Å². The van der Waals surface area contributed by atoms with Crippen LogP contribution in [-0.4, -0.2) is 5.21 Å². The van der Waals surface area contributed by atoms with Crippen LogP contribution >= 0.6 is 15.9 Å². The lowest BCUT2D eigenvalue weighted by molar-refractivity contribution is 0.133. The molecule has 0 heterocycles. The predicted octanol–water partition coefficient (Wildman–Crippen LogP) is 2.63. The van der Waals surface area contributed by atoms with Crippen LogP contribution in [0.2, 0.25) is 0 Å². The van der Waals surface area contributed by atoms with E-state index in [4.69, 9.17) is 5.21 Å². The van der Waals surface area contributed by atoms with Gasteiger partial charge in [0.25, 0.3) is 0 Å². The van der Waals surface area contributed by atoms with Crippen LogP contribution in [0.4, 0.5) is 4.39 Å². The van der Waals surface area contributed by atoms with Crippen molar-refractivity contribution in [2.75, 3.05) is 0 Å². The van der Waals surface area contributed by atoms with Crippen molar-refractivity contribution in [3.05, 3.63) is 34.1 Å². The van der Waals surface area contributed by atoms with E-state index in [9.17, 15) is 4.39 Å². The summed E-state index contributed by atoms with van der Waals surface area (Å²) in [5.74, 6) is -0.302. The van der Waals surface area contributed by atoms with E-state index < -0.39 is 0 Å². The Morgan fingerprint density at radius 3 is 2.75 bits per heavy atom. The Balaban J connectivity index is 2.96. The van der Waals surface area contributed by atoms with Crippen LogP contribution in [0.1, 0.15) is 18.5 Å². The van der Waals surface area contributed by atoms with E-state index >= 15 is 0 Å². The lowest BCUT2D eigenvalue weighted by Crippen LogP contribution is -2.13. The van der Waals surface area contributed by atoms with Crippen LogP contribution in [0, 0.1) is 5.82 Å². The zero-order chi connectivity index (χ0) is 9.14. The maximum Gasteiger partial charge on any atom is 0.137 e. The van der Waals surface area contributed by atoms with Gasteiger partial charge in [-0.3, -0.25) is 0 Å². The van der Waals surface area contributed by atoms with Crippen LogP contribution in [0.3, 0.4) is 0 Å². The van der Waals surface area contributed by atoms with Gasteiger partial charge in [-0.05, 0) is 40.5 Å². The van der Waals surface area contributed by atoms with Crippen molar-refractivity contribution >= 4 is 15.9 Å². The molecule has 0 spiro atoms. The minimum atomic E-state index is -0.302. The number of hydrogen-bond acceptors (Lipinski definition) is 2. The summed E-state index contributed by atoms with van der Waals surface area (Å²) in [6.45, 7) is 1.78. The first-order chi connectivity index (χ1) is 5.65. The molecule has 1 aromatic rings. The molecule has 1 aromatic carbocycles. The van der Waals surface area contributed by atoms with Gasteiger partial charge in [-0.1, -0.05) is 6.07 Å². The van der Waals surface area contributed by atoms with Crippen molar-refractivity contribution in [3.63, 3.8) is 0 Å². The Hall–Kier alpha value is -0.450. The van der Waals surface area contributed by atoms with Gasteiger partial charge in [0, 0.05) is 0 Å². The average molecular weight is 234 g/mol. The minimum absolute atomic E-state index is 0.193. The van der Waals surface area contributed by atoms with Gasteiger partial charge in [-0.2, -0.15) is 5.48 Å². The van der Waals surface area contributed by atoms with E-state index in [1.54, 1.807) is 19.1 Å². The minimum Gasteiger partial charge on any atom is -0.316 e. The predicted molar refractivity (Wildman–Crippen MR) is 47.4 cm³/mol. The molecular formula is C8H9BrFNO. The van der Waals surface area contributed by atoms with Gasteiger partial charge in [0.2, 0.25) is 0 Å². The van der Waals surface area contributed by atoms with Crippen molar-refractivity contribution in [2.45, 2.75) is 13.0 Å². The van der Waals surface area contributed by atoms with Crippen LogP contribution in [0.25, 0.3) is 0 Å². The van der Waals surface area contributed by atoms with E-state index in [-0.39, 0.29) is 11.9 Å². The highest BCUT2D eigenvalue weighted by Gasteiger charge is 2.05. The zero-order valence-corrected chi connectivity index (χ0v) is 8.10. The summed E-state index contributed by atoms with van der Waals surface area (Å²) in [5, 5.41) is 8.59. The van der Waals surface area contributed by atoms with Crippen molar-refractivity contribution in [1.82, 2.24) is 5.48 Å². The van der Waals surface area contributed by atoms with Gasteiger partial charge < -0.3 is 5.21 Å². The number of halogens is 2. The summed E-state index contributed by atoms with van der Waals surface area (Å²) in [6.07, 6.45) is 0. The quantitative estimate of drug-likeness (QED) is 0.771. The third-order valence-electron chi connectivity index (χ3n) is 1.64. The van der Waals surface area contributed by atoms with Crippen LogP contribution in [0.5, 0.6) is 0 Å². The third kappa shape index (κ3) is 2.03. The summed E-state index contributed by atoms with van der Waals surface area (Å²) in [7, 11) is 0. The first kappa shape index (κ1) is 9.64. The summed E-state index contributed by atoms with van der Waals surface area (Å²) in [6, 6.07) is 4.41. The number of rotatable bonds is 2. The number of hydroxylamine groups is 1. The van der Waals surface area contributed by atoms with Gasteiger partial charge in [0.1, 0.15) is 5.82 Å². The Kier molecular flexibility index (Phi) is 3.20. The highest BCUT2D eigenvalue weighted by molar-refractivity contribution is 9.10. The second kappa shape index (κ2) is 3.98. The molecule has 0 aliphatic heterocycles. The van der Waals surface area contributed by atoms with Gasteiger partial charge in [-0.25, -0.2) is 4.39 Å². The summed E-state index contributed by atoms with van der Waals surface area (Å²) >= 11 is 3.06. The molecule has 0 aliphatic rings. The topological polar surface area (TPSA) is 32.3 Å². The van der Waals surface area contributed by atoms with E-state index in [0.29, 0.717) is 4.47 Å². The molecule has 12 heavy (non-hydrogen) atoms. The van der Waals surface area contributed by atoms with E-state index in [0.717, 1.165) is 5.56 Å². The Labute approximate surface area is 78.5 Å². The second-order valence-electron chi connectivity index (χ2n) is 2.52. The van der Waals surface area contributed by atoms with Gasteiger partial charge in [0.15, 0.2) is 0 Å². The molecule has 0 fully saturated rings. The third-order valence-corrected chi connectivity index (χ3v) is 2.25. The lowest BCUT2D eigenvalue weighted by atomic mass is 10.1. The fourth-order valence-corrected chi connectivity index (χ4v) is 1.25. The second-order valence-corrected chi connectivity index (χ2v) is 3.38. The zero-order valence-electron chi connectivity index (χ0n) is 6.51. The fraction of sp³-hybridized carbons (Fsp3) is 0.250. The normalized spacial score (nSPS) is 13.0. The first-order valence-electron chi connectivity index (χ1n) is 3.49. The molecule has 1 atom stereocenters. The van der Waals surface area contributed by atoms with Crippen molar-refractivity contribution < 1.29 is 9.60 Å². The van der Waals surface area contributed by atoms with Crippen molar-refractivity contribution in [2.24, 2.45) is 0 Å². The van der Waals surface area contributed by atoms with Crippen molar-refractivity contribution in [1.29, 1.82) is 0 Å². The molecule has 0 radical (unpaired) electrons. The highest BCUT2D eigenvalue weighted by atomic mass is 79.9. The molecule has 0 saturated carbocycles. The summed E-state index contributed by atoms with van der Waals surface area (Å²) in [4.78, 5) is 0. The smallest absolute Gasteiger partial charge is 0.137 e. The Morgan fingerprint density at radius 2 is 2.25 bits per heavy atom. The molecule has 2 N–H and O–H groups in total. The van der Waals surface area contributed by atoms with Crippen LogP contribution in [0.15, 0.2) is 22.7 Å². The van der Waals surface area contributed by atoms with Gasteiger partial charge in [0.05, 0.1) is 10.5 Å². The van der Waals surface area contributed by atoms with E-state index in [2.05, 4.69) is 21.4 Å². The maximum atomic E-state index is 12.7. The monoisotopic (exact) mass is 233 g/mol. The molecule has 1 unspecified atom stereocenters. The molecule has 0 saturated heterocycles. The average Bonchev–Trinajstić information content (AvgIpc) is 2.08. The molecule has 2 nitrogen and oxygen atoms in total. The molecule has 0 bridgehead atoms. The standard InChI is InChI=1S/C8H9BrFNO/c1-5(11-12)6-2-3-8(10)7(9)4-6/h2-5,11-12H,1H3. The molecule has 1 rings (SSSR count). The summed E-state index contributed by atoms with van der Waals surface area (Å²) < 4.78 is 13.1. The molecule has 4 heteroatoms. The van der Waals surface area contributed by atoms with Crippen LogP contribution < -0.4 is 5.48 Å². The molecule has 0 aliphatic carbocycles. The lowest BCUT2D eigenvalue weighted by Gasteiger charge is -2.09. The molecule has 0 amide bonds.